The van der Waals surface area contributed by atoms with E-state index in [0.29, 0.717) is 0 Å². The van der Waals surface area contributed by atoms with Gasteiger partial charge in [-0.25, -0.2) is 18.5 Å². The molecule has 2 aromatic heterocycles. The monoisotopic (exact) mass is 274 g/mol. The van der Waals surface area contributed by atoms with Gasteiger partial charge in [0.05, 0.1) is 36.0 Å². The molecule has 0 radical (unpaired) electrons. The molecule has 3 aromatic rings. The summed E-state index contributed by atoms with van der Waals surface area (Å²) >= 11 is 0. The molecule has 0 unspecified atom stereocenters. The van der Waals surface area contributed by atoms with Crippen LogP contribution >= 0.6 is 0 Å². The van der Waals surface area contributed by atoms with Crippen LogP contribution in [0, 0.1) is 5.82 Å². The molecule has 0 fully saturated rings. The van der Waals surface area contributed by atoms with E-state index in [4.69, 9.17) is 0 Å². The molecule has 0 aliphatic carbocycles. The van der Waals surface area contributed by atoms with Gasteiger partial charge in [-0.3, -0.25) is 0 Å². The Bertz CT molecular complexity index is 754. The van der Waals surface area contributed by atoms with Crippen molar-refractivity contribution in [2.45, 2.75) is 0 Å². The first-order valence-electron chi connectivity index (χ1n) is 5.47. The molecular formula is C11H7FN6O2. The fourth-order valence-corrected chi connectivity index (χ4v) is 1.83. The Hall–Kier alpha value is -3.10. The molecule has 2 heterocycles. The number of carboxylic acid groups (broad SMARTS) is 1. The van der Waals surface area contributed by atoms with Crippen LogP contribution in [-0.4, -0.2) is 41.1 Å². The van der Waals surface area contributed by atoms with Crippen molar-refractivity contribution in [3.05, 3.63) is 48.3 Å². The van der Waals surface area contributed by atoms with E-state index in [1.165, 1.54) is 34.2 Å². The zero-order chi connectivity index (χ0) is 14.1. The van der Waals surface area contributed by atoms with Crippen LogP contribution in [0.25, 0.3) is 11.4 Å². The summed E-state index contributed by atoms with van der Waals surface area (Å²) in [5.74, 6) is -1.98. The highest BCUT2D eigenvalue weighted by molar-refractivity contribution is 5.93. The van der Waals surface area contributed by atoms with Gasteiger partial charge in [-0.1, -0.05) is 10.4 Å². The van der Waals surface area contributed by atoms with Gasteiger partial charge in [0.25, 0.3) is 0 Å². The average Bonchev–Trinajstić information content (AvgIpc) is 3.11. The van der Waals surface area contributed by atoms with Gasteiger partial charge in [-0.15, -0.1) is 10.2 Å². The lowest BCUT2D eigenvalue weighted by Gasteiger charge is -2.12. The van der Waals surface area contributed by atoms with Crippen molar-refractivity contribution in [2.75, 3.05) is 0 Å². The highest BCUT2D eigenvalue weighted by atomic mass is 19.1. The Kier molecular flexibility index (Phi) is 2.71. The van der Waals surface area contributed by atoms with Crippen LogP contribution in [0.4, 0.5) is 4.39 Å². The fraction of sp³-hybridized carbons (Fsp3) is 0. The van der Waals surface area contributed by atoms with Crippen LogP contribution in [0.15, 0.2) is 36.9 Å². The number of rotatable bonds is 3. The van der Waals surface area contributed by atoms with Gasteiger partial charge in [0, 0.05) is 6.07 Å². The largest absolute Gasteiger partial charge is 0.478 e. The first-order valence-corrected chi connectivity index (χ1v) is 5.47. The summed E-state index contributed by atoms with van der Waals surface area (Å²) in [6.07, 6.45) is 5.72. The highest BCUT2D eigenvalue weighted by Crippen LogP contribution is 2.24. The molecule has 0 bridgehead atoms. The molecule has 1 N–H and O–H groups in total. The highest BCUT2D eigenvalue weighted by Gasteiger charge is 2.20. The minimum Gasteiger partial charge on any atom is -0.478 e. The van der Waals surface area contributed by atoms with Gasteiger partial charge in [0.1, 0.15) is 11.5 Å². The molecule has 0 saturated carbocycles. The number of aromatic nitrogens is 6. The Morgan fingerprint density at radius 3 is 2.30 bits per heavy atom. The van der Waals surface area contributed by atoms with Crippen molar-refractivity contribution < 1.29 is 14.3 Å². The lowest BCUT2D eigenvalue weighted by molar-refractivity contribution is 0.0696. The van der Waals surface area contributed by atoms with E-state index in [0.717, 1.165) is 12.1 Å². The van der Waals surface area contributed by atoms with E-state index >= 15 is 0 Å². The molecule has 8 nitrogen and oxygen atoms in total. The van der Waals surface area contributed by atoms with Crippen LogP contribution in [-0.2, 0) is 0 Å². The second kappa shape index (κ2) is 4.53. The van der Waals surface area contributed by atoms with Crippen LogP contribution < -0.4 is 0 Å². The van der Waals surface area contributed by atoms with Gasteiger partial charge in [-0.2, -0.15) is 0 Å². The third-order valence-corrected chi connectivity index (χ3v) is 2.61. The van der Waals surface area contributed by atoms with Crippen molar-refractivity contribution in [1.29, 1.82) is 0 Å². The Balaban J connectivity index is 2.36. The molecule has 0 aliphatic rings. The molecular weight excluding hydrogens is 267 g/mol. The molecule has 9 heteroatoms. The van der Waals surface area contributed by atoms with Gasteiger partial charge in [0.15, 0.2) is 0 Å². The van der Waals surface area contributed by atoms with Crippen LogP contribution in [0.3, 0.4) is 0 Å². The molecule has 1 aromatic carbocycles. The normalized spacial score (nSPS) is 10.7. The molecule has 0 atom stereocenters. The number of hydrogen-bond acceptors (Lipinski definition) is 5. The van der Waals surface area contributed by atoms with Gasteiger partial charge >= 0.3 is 5.97 Å². The summed E-state index contributed by atoms with van der Waals surface area (Å²) in [5, 5.41) is 24.0. The zero-order valence-electron chi connectivity index (χ0n) is 9.88. The number of carboxylic acids is 1. The molecule has 20 heavy (non-hydrogen) atoms. The summed E-state index contributed by atoms with van der Waals surface area (Å²) in [4.78, 5) is 11.3. The number of hydrogen-bond donors (Lipinski definition) is 1. The van der Waals surface area contributed by atoms with E-state index < -0.39 is 11.8 Å². The molecule has 0 saturated heterocycles. The number of nitrogens with zero attached hydrogens (tertiary/aromatic N) is 6. The molecule has 0 spiro atoms. The standard InChI is InChI=1S/C11H7FN6O2/c12-7-5-8(11(19)20)10(18-4-2-14-16-18)9(6-7)17-3-1-13-15-17/h1-6H,(H,19,20). The Morgan fingerprint density at radius 1 is 1.10 bits per heavy atom. The maximum Gasteiger partial charge on any atom is 0.338 e. The van der Waals surface area contributed by atoms with E-state index in [1.807, 2.05) is 0 Å². The van der Waals surface area contributed by atoms with Crippen molar-refractivity contribution in [1.82, 2.24) is 30.0 Å². The van der Waals surface area contributed by atoms with E-state index in [-0.39, 0.29) is 16.9 Å². The number of carbonyl (C=O) groups is 1. The number of halogens is 1. The fourth-order valence-electron chi connectivity index (χ4n) is 1.83. The zero-order valence-corrected chi connectivity index (χ0v) is 9.88. The quantitative estimate of drug-likeness (QED) is 0.754. The summed E-state index contributed by atoms with van der Waals surface area (Å²) in [7, 11) is 0. The molecule has 0 amide bonds. The molecule has 0 aliphatic heterocycles. The minimum absolute atomic E-state index is 0.155. The lowest BCUT2D eigenvalue weighted by atomic mass is 10.1. The van der Waals surface area contributed by atoms with Gasteiger partial charge in [0.2, 0.25) is 0 Å². The van der Waals surface area contributed by atoms with Crippen LogP contribution in [0.1, 0.15) is 10.4 Å². The maximum atomic E-state index is 13.6. The topological polar surface area (TPSA) is 98.7 Å². The first kappa shape index (κ1) is 12.0. The van der Waals surface area contributed by atoms with Crippen LogP contribution in [0.5, 0.6) is 0 Å². The first-order chi connectivity index (χ1) is 9.66. The summed E-state index contributed by atoms with van der Waals surface area (Å²) in [6.45, 7) is 0. The second-order valence-corrected chi connectivity index (χ2v) is 3.82. The molecule has 3 rings (SSSR count). The minimum atomic E-state index is -1.28. The summed E-state index contributed by atoms with van der Waals surface area (Å²) in [6, 6.07) is 2.07. The van der Waals surface area contributed by atoms with Gasteiger partial charge < -0.3 is 5.11 Å². The van der Waals surface area contributed by atoms with E-state index in [1.54, 1.807) is 0 Å². The average molecular weight is 274 g/mol. The van der Waals surface area contributed by atoms with Crippen molar-refractivity contribution in [2.24, 2.45) is 0 Å². The second-order valence-electron chi connectivity index (χ2n) is 3.82. The van der Waals surface area contributed by atoms with E-state index in [9.17, 15) is 14.3 Å². The Labute approximate surface area is 111 Å². The number of benzene rings is 1. The SMILES string of the molecule is O=C(O)c1cc(F)cc(-n2ccnn2)c1-n1ccnn1. The number of aromatic carboxylic acids is 1. The van der Waals surface area contributed by atoms with Crippen molar-refractivity contribution in [3.8, 4) is 11.4 Å². The Morgan fingerprint density at radius 2 is 1.75 bits per heavy atom. The van der Waals surface area contributed by atoms with Crippen molar-refractivity contribution >= 4 is 5.97 Å². The van der Waals surface area contributed by atoms with E-state index in [2.05, 4.69) is 20.6 Å². The lowest BCUT2D eigenvalue weighted by Crippen LogP contribution is -2.12. The molecule has 100 valence electrons. The smallest absolute Gasteiger partial charge is 0.338 e. The summed E-state index contributed by atoms with van der Waals surface area (Å²) in [5.41, 5.74) is 0.105. The van der Waals surface area contributed by atoms with Gasteiger partial charge in [-0.05, 0) is 6.07 Å². The van der Waals surface area contributed by atoms with Crippen LogP contribution in [0.2, 0.25) is 0 Å². The third kappa shape index (κ3) is 1.90. The third-order valence-electron chi connectivity index (χ3n) is 2.61. The predicted molar refractivity (Wildman–Crippen MR) is 63.2 cm³/mol. The van der Waals surface area contributed by atoms with Crippen molar-refractivity contribution in [3.63, 3.8) is 0 Å². The summed E-state index contributed by atoms with van der Waals surface area (Å²) < 4.78 is 16.1. The maximum absolute atomic E-state index is 13.6. The predicted octanol–water partition coefficient (Wildman–Crippen LogP) is 0.685.